The van der Waals surface area contributed by atoms with Gasteiger partial charge in [-0.1, -0.05) is 44.0 Å². The second-order valence-corrected chi connectivity index (χ2v) is 4.55. The van der Waals surface area contributed by atoms with Crippen molar-refractivity contribution in [1.82, 2.24) is 5.16 Å². The number of aromatic nitrogens is 1. The molecule has 0 spiro atoms. The highest BCUT2D eigenvalue weighted by Crippen LogP contribution is 2.22. The molecular weight excluding hydrogens is 228 g/mol. The number of nitrogens with zero attached hydrogens (tertiary/aromatic N) is 1. The number of fused-ring (bicyclic) bond motifs is 1. The summed E-state index contributed by atoms with van der Waals surface area (Å²) in [5, 5.41) is 18.2. The molecule has 0 amide bonds. The first-order chi connectivity index (χ1) is 8.76. The molecule has 2 aromatic rings. The second-order valence-electron chi connectivity index (χ2n) is 4.55. The van der Waals surface area contributed by atoms with Gasteiger partial charge in [-0.05, 0) is 18.1 Å². The van der Waals surface area contributed by atoms with E-state index in [9.17, 15) is 5.11 Å². The number of nitrogens with one attached hydrogen (secondary N) is 1. The van der Waals surface area contributed by atoms with E-state index in [1.54, 1.807) is 0 Å². The van der Waals surface area contributed by atoms with Crippen LogP contribution < -0.4 is 5.32 Å². The van der Waals surface area contributed by atoms with Gasteiger partial charge in [-0.15, -0.1) is 0 Å². The molecule has 2 rings (SSSR count). The van der Waals surface area contributed by atoms with E-state index in [2.05, 4.69) is 24.3 Å². The van der Waals surface area contributed by atoms with Gasteiger partial charge in [0.25, 0.3) is 0 Å². The summed E-state index contributed by atoms with van der Waals surface area (Å²) in [5.41, 5.74) is 0.761. The lowest BCUT2D eigenvalue weighted by Gasteiger charge is -2.20. The van der Waals surface area contributed by atoms with E-state index in [0.717, 1.165) is 23.8 Å². The molecule has 0 saturated heterocycles. The average molecular weight is 248 g/mol. The number of para-hydroxylation sites is 1. The van der Waals surface area contributed by atoms with Crippen molar-refractivity contribution >= 4 is 16.8 Å². The SMILES string of the molecule is CCC(CC)C(O)CNc1noc2ccccc12. The molecule has 98 valence electrons. The number of anilines is 1. The standard InChI is InChI=1S/C14H20N2O2/c1-3-10(4-2)12(17)9-15-14-11-7-5-6-8-13(11)18-16-14/h5-8,10,12,17H,3-4,9H2,1-2H3,(H,15,16). The predicted molar refractivity (Wildman–Crippen MR) is 72.6 cm³/mol. The maximum Gasteiger partial charge on any atom is 0.177 e. The van der Waals surface area contributed by atoms with Gasteiger partial charge in [0.15, 0.2) is 11.4 Å². The van der Waals surface area contributed by atoms with Crippen molar-refractivity contribution in [2.75, 3.05) is 11.9 Å². The van der Waals surface area contributed by atoms with Crippen molar-refractivity contribution in [3.05, 3.63) is 24.3 Å². The van der Waals surface area contributed by atoms with E-state index < -0.39 is 0 Å². The first-order valence-electron chi connectivity index (χ1n) is 6.52. The van der Waals surface area contributed by atoms with E-state index >= 15 is 0 Å². The van der Waals surface area contributed by atoms with Crippen LogP contribution in [-0.4, -0.2) is 22.9 Å². The first-order valence-corrected chi connectivity index (χ1v) is 6.52. The van der Waals surface area contributed by atoms with Crippen LogP contribution in [-0.2, 0) is 0 Å². The second kappa shape index (κ2) is 5.87. The van der Waals surface area contributed by atoms with E-state index in [0.29, 0.717) is 18.3 Å². The Morgan fingerprint density at radius 1 is 1.28 bits per heavy atom. The fraction of sp³-hybridized carbons (Fsp3) is 0.500. The van der Waals surface area contributed by atoms with E-state index in [1.807, 2.05) is 24.3 Å². The third-order valence-electron chi connectivity index (χ3n) is 3.45. The maximum atomic E-state index is 10.1. The van der Waals surface area contributed by atoms with Crippen LogP contribution in [0.1, 0.15) is 26.7 Å². The van der Waals surface area contributed by atoms with Gasteiger partial charge in [0.2, 0.25) is 0 Å². The normalized spacial score (nSPS) is 13.1. The molecule has 4 heteroatoms. The first kappa shape index (κ1) is 12.9. The lowest BCUT2D eigenvalue weighted by Crippen LogP contribution is -2.27. The third-order valence-corrected chi connectivity index (χ3v) is 3.45. The number of hydrogen-bond donors (Lipinski definition) is 2. The zero-order valence-electron chi connectivity index (χ0n) is 10.9. The smallest absolute Gasteiger partial charge is 0.177 e. The number of rotatable bonds is 6. The van der Waals surface area contributed by atoms with E-state index in [1.165, 1.54) is 0 Å². The van der Waals surface area contributed by atoms with Crippen LogP contribution in [0.15, 0.2) is 28.8 Å². The summed E-state index contributed by atoms with van der Waals surface area (Å²) in [5.74, 6) is 1.03. The van der Waals surface area contributed by atoms with Crippen LogP contribution in [0.4, 0.5) is 5.82 Å². The van der Waals surface area contributed by atoms with Crippen LogP contribution in [0.25, 0.3) is 11.0 Å². The van der Waals surface area contributed by atoms with Crippen molar-refractivity contribution in [3.8, 4) is 0 Å². The number of benzene rings is 1. The molecule has 0 radical (unpaired) electrons. The minimum absolute atomic E-state index is 0.329. The molecule has 0 aliphatic rings. The molecule has 0 aliphatic carbocycles. The molecule has 18 heavy (non-hydrogen) atoms. The Labute approximate surface area is 107 Å². The molecule has 1 aromatic heterocycles. The van der Waals surface area contributed by atoms with Gasteiger partial charge in [0.1, 0.15) is 0 Å². The third kappa shape index (κ3) is 2.64. The molecule has 0 bridgehead atoms. The van der Waals surface area contributed by atoms with Crippen LogP contribution in [0, 0.1) is 5.92 Å². The minimum atomic E-state index is -0.351. The van der Waals surface area contributed by atoms with Crippen LogP contribution in [0.3, 0.4) is 0 Å². The number of aliphatic hydroxyl groups is 1. The van der Waals surface area contributed by atoms with Gasteiger partial charge in [0.05, 0.1) is 11.5 Å². The number of aliphatic hydroxyl groups excluding tert-OH is 1. The topological polar surface area (TPSA) is 58.3 Å². The summed E-state index contributed by atoms with van der Waals surface area (Å²) in [6, 6.07) is 7.70. The summed E-state index contributed by atoms with van der Waals surface area (Å²) in [6.07, 6.45) is 1.62. The van der Waals surface area contributed by atoms with E-state index in [-0.39, 0.29) is 6.10 Å². The Kier molecular flexibility index (Phi) is 4.20. The van der Waals surface area contributed by atoms with Crippen molar-refractivity contribution in [2.45, 2.75) is 32.8 Å². The summed E-state index contributed by atoms with van der Waals surface area (Å²) in [6.45, 7) is 4.70. The van der Waals surface area contributed by atoms with Crippen molar-refractivity contribution in [3.63, 3.8) is 0 Å². The fourth-order valence-electron chi connectivity index (χ4n) is 2.21. The molecular formula is C14H20N2O2. The Morgan fingerprint density at radius 3 is 2.72 bits per heavy atom. The Morgan fingerprint density at radius 2 is 2.00 bits per heavy atom. The van der Waals surface area contributed by atoms with Crippen molar-refractivity contribution in [2.24, 2.45) is 5.92 Å². The van der Waals surface area contributed by atoms with Crippen molar-refractivity contribution < 1.29 is 9.63 Å². The quantitative estimate of drug-likeness (QED) is 0.825. The fourth-order valence-corrected chi connectivity index (χ4v) is 2.21. The minimum Gasteiger partial charge on any atom is -0.391 e. The monoisotopic (exact) mass is 248 g/mol. The number of hydrogen-bond acceptors (Lipinski definition) is 4. The Hall–Kier alpha value is -1.55. The van der Waals surface area contributed by atoms with Gasteiger partial charge < -0.3 is 14.9 Å². The van der Waals surface area contributed by atoms with Gasteiger partial charge in [0, 0.05) is 6.54 Å². The van der Waals surface area contributed by atoms with Gasteiger partial charge in [-0.2, -0.15) is 0 Å². The van der Waals surface area contributed by atoms with Gasteiger partial charge in [-0.3, -0.25) is 0 Å². The Bertz CT molecular complexity index is 491. The lowest BCUT2D eigenvalue weighted by molar-refractivity contribution is 0.114. The zero-order chi connectivity index (χ0) is 13.0. The maximum absolute atomic E-state index is 10.1. The average Bonchev–Trinajstić information content (AvgIpc) is 2.81. The zero-order valence-corrected chi connectivity index (χ0v) is 10.9. The van der Waals surface area contributed by atoms with Crippen LogP contribution >= 0.6 is 0 Å². The van der Waals surface area contributed by atoms with Crippen LogP contribution in [0.2, 0.25) is 0 Å². The molecule has 4 nitrogen and oxygen atoms in total. The van der Waals surface area contributed by atoms with Gasteiger partial charge in [-0.25, -0.2) is 0 Å². The molecule has 1 aromatic carbocycles. The molecule has 0 saturated carbocycles. The molecule has 1 heterocycles. The largest absolute Gasteiger partial charge is 0.391 e. The summed E-state index contributed by atoms with van der Waals surface area (Å²) in [7, 11) is 0. The molecule has 0 aliphatic heterocycles. The molecule has 1 unspecified atom stereocenters. The van der Waals surface area contributed by atoms with E-state index in [4.69, 9.17) is 4.52 Å². The molecule has 0 fully saturated rings. The van der Waals surface area contributed by atoms with Crippen LogP contribution in [0.5, 0.6) is 0 Å². The van der Waals surface area contributed by atoms with Crippen molar-refractivity contribution in [1.29, 1.82) is 0 Å². The highest BCUT2D eigenvalue weighted by molar-refractivity contribution is 5.87. The molecule has 2 N–H and O–H groups in total. The van der Waals surface area contributed by atoms with Gasteiger partial charge >= 0.3 is 0 Å². The Balaban J connectivity index is 2.02. The lowest BCUT2D eigenvalue weighted by atomic mass is 9.96. The highest BCUT2D eigenvalue weighted by atomic mass is 16.5. The summed E-state index contributed by atoms with van der Waals surface area (Å²) < 4.78 is 5.20. The summed E-state index contributed by atoms with van der Waals surface area (Å²) in [4.78, 5) is 0. The molecule has 1 atom stereocenters. The highest BCUT2D eigenvalue weighted by Gasteiger charge is 2.16. The summed E-state index contributed by atoms with van der Waals surface area (Å²) >= 11 is 0. The predicted octanol–water partition coefficient (Wildman–Crippen LogP) is 3.04.